The molecule has 5 heteroatoms. The number of rotatable bonds is 7. The average molecular weight is 347 g/mol. The first kappa shape index (κ1) is 18.1. The molecule has 4 nitrogen and oxygen atoms in total. The third-order valence-electron chi connectivity index (χ3n) is 3.33. The van der Waals surface area contributed by atoms with Gasteiger partial charge in [0, 0.05) is 18.1 Å². The molecule has 2 aromatic carbocycles. The van der Waals surface area contributed by atoms with Crippen molar-refractivity contribution in [2.75, 3.05) is 6.61 Å². The monoisotopic (exact) mass is 346 g/mol. The van der Waals surface area contributed by atoms with Gasteiger partial charge in [0.2, 0.25) is 0 Å². The first-order valence-corrected chi connectivity index (χ1v) is 8.38. The molecule has 0 aromatic heterocycles. The Balaban J connectivity index is 1.72. The van der Waals surface area contributed by atoms with Crippen molar-refractivity contribution in [2.45, 2.75) is 26.9 Å². The Bertz CT molecular complexity index is 639. The van der Waals surface area contributed by atoms with E-state index < -0.39 is 0 Å². The highest BCUT2D eigenvalue weighted by molar-refractivity contribution is 6.30. The van der Waals surface area contributed by atoms with Crippen LogP contribution in [0, 0.1) is 5.92 Å². The van der Waals surface area contributed by atoms with Gasteiger partial charge in [0.15, 0.2) is 0 Å². The number of urea groups is 1. The maximum Gasteiger partial charge on any atom is 0.315 e. The van der Waals surface area contributed by atoms with Crippen molar-refractivity contribution in [1.82, 2.24) is 10.6 Å². The maximum atomic E-state index is 11.8. The van der Waals surface area contributed by atoms with E-state index in [0.717, 1.165) is 16.9 Å². The van der Waals surface area contributed by atoms with Gasteiger partial charge in [0.05, 0.1) is 6.61 Å². The van der Waals surface area contributed by atoms with E-state index in [1.807, 2.05) is 36.4 Å². The van der Waals surface area contributed by atoms with Gasteiger partial charge in [-0.3, -0.25) is 0 Å². The molecule has 0 aliphatic rings. The molecule has 0 radical (unpaired) electrons. The van der Waals surface area contributed by atoms with Crippen molar-refractivity contribution < 1.29 is 9.53 Å². The molecule has 0 unspecified atom stereocenters. The van der Waals surface area contributed by atoms with Gasteiger partial charge in [-0.1, -0.05) is 49.7 Å². The summed E-state index contributed by atoms with van der Waals surface area (Å²) in [5, 5.41) is 6.33. The van der Waals surface area contributed by atoms with E-state index in [1.165, 1.54) is 0 Å². The summed E-state index contributed by atoms with van der Waals surface area (Å²) < 4.78 is 5.63. The van der Waals surface area contributed by atoms with Gasteiger partial charge >= 0.3 is 6.03 Å². The second-order valence-electron chi connectivity index (χ2n) is 6.01. The molecule has 0 bridgehead atoms. The largest absolute Gasteiger partial charge is 0.493 e. The van der Waals surface area contributed by atoms with Crippen LogP contribution in [0.2, 0.25) is 5.02 Å². The summed E-state index contributed by atoms with van der Waals surface area (Å²) in [6.07, 6.45) is 0. The lowest BCUT2D eigenvalue weighted by atomic mass is 10.2. The second kappa shape index (κ2) is 9.18. The van der Waals surface area contributed by atoms with E-state index in [9.17, 15) is 4.79 Å². The second-order valence-corrected chi connectivity index (χ2v) is 6.45. The number of carbonyl (C=O) groups is 1. The van der Waals surface area contributed by atoms with Crippen molar-refractivity contribution >= 4 is 17.6 Å². The number of hydrogen-bond acceptors (Lipinski definition) is 2. The van der Waals surface area contributed by atoms with Gasteiger partial charge < -0.3 is 15.4 Å². The van der Waals surface area contributed by atoms with Gasteiger partial charge in [0.1, 0.15) is 5.75 Å². The van der Waals surface area contributed by atoms with Crippen molar-refractivity contribution in [2.24, 2.45) is 5.92 Å². The Labute approximate surface area is 148 Å². The summed E-state index contributed by atoms with van der Waals surface area (Å²) in [5.74, 6) is 1.34. The van der Waals surface area contributed by atoms with Crippen LogP contribution in [-0.4, -0.2) is 12.6 Å². The fourth-order valence-corrected chi connectivity index (χ4v) is 2.12. The lowest BCUT2D eigenvalue weighted by molar-refractivity contribution is 0.240. The molecule has 128 valence electrons. The van der Waals surface area contributed by atoms with Crippen LogP contribution in [0.3, 0.4) is 0 Å². The normalized spacial score (nSPS) is 10.5. The lowest BCUT2D eigenvalue weighted by Crippen LogP contribution is -2.34. The lowest BCUT2D eigenvalue weighted by Gasteiger charge is -2.10. The number of hydrogen-bond donors (Lipinski definition) is 2. The van der Waals surface area contributed by atoms with Crippen molar-refractivity contribution in [3.63, 3.8) is 0 Å². The molecule has 0 saturated carbocycles. The van der Waals surface area contributed by atoms with Crippen LogP contribution in [0.25, 0.3) is 0 Å². The van der Waals surface area contributed by atoms with Gasteiger partial charge in [0.25, 0.3) is 0 Å². The van der Waals surface area contributed by atoms with Gasteiger partial charge in [-0.15, -0.1) is 0 Å². The van der Waals surface area contributed by atoms with Crippen LogP contribution in [0.1, 0.15) is 25.0 Å². The highest BCUT2D eigenvalue weighted by atomic mass is 35.5. The summed E-state index contributed by atoms with van der Waals surface area (Å²) in [4.78, 5) is 11.8. The third-order valence-corrected chi connectivity index (χ3v) is 3.58. The molecule has 24 heavy (non-hydrogen) atoms. The Morgan fingerprint density at radius 3 is 1.96 bits per heavy atom. The average Bonchev–Trinajstić information content (AvgIpc) is 2.58. The molecular formula is C19H23ClN2O2. The minimum Gasteiger partial charge on any atom is -0.493 e. The predicted molar refractivity (Wildman–Crippen MR) is 97.3 cm³/mol. The predicted octanol–water partition coefficient (Wildman–Crippen LogP) is 4.37. The SMILES string of the molecule is CC(C)COc1ccc(CNC(=O)NCc2ccc(Cl)cc2)cc1. The van der Waals surface area contributed by atoms with Crippen molar-refractivity contribution in [3.8, 4) is 5.75 Å². The summed E-state index contributed by atoms with van der Waals surface area (Å²) >= 11 is 5.83. The number of carbonyl (C=O) groups excluding carboxylic acids is 1. The molecule has 2 aromatic rings. The fourth-order valence-electron chi connectivity index (χ4n) is 2.00. The molecule has 2 amide bonds. The molecule has 2 N–H and O–H groups in total. The Morgan fingerprint density at radius 2 is 1.46 bits per heavy atom. The molecule has 0 saturated heterocycles. The van der Waals surface area contributed by atoms with Gasteiger partial charge in [-0.2, -0.15) is 0 Å². The summed E-state index contributed by atoms with van der Waals surface area (Å²) in [6.45, 7) is 5.86. The van der Waals surface area contributed by atoms with Gasteiger partial charge in [-0.05, 0) is 41.3 Å². The summed E-state index contributed by atoms with van der Waals surface area (Å²) in [7, 11) is 0. The van der Waals surface area contributed by atoms with Crippen molar-refractivity contribution in [1.29, 1.82) is 0 Å². The van der Waals surface area contributed by atoms with Crippen molar-refractivity contribution in [3.05, 3.63) is 64.7 Å². The Kier molecular flexibility index (Phi) is 6.94. The molecule has 0 aliphatic heterocycles. The highest BCUT2D eigenvalue weighted by Gasteiger charge is 2.02. The molecule has 2 rings (SSSR count). The highest BCUT2D eigenvalue weighted by Crippen LogP contribution is 2.13. The first-order valence-electron chi connectivity index (χ1n) is 8.01. The quantitative estimate of drug-likeness (QED) is 0.782. The Hall–Kier alpha value is -2.20. The smallest absolute Gasteiger partial charge is 0.315 e. The Morgan fingerprint density at radius 1 is 0.958 bits per heavy atom. The number of ether oxygens (including phenoxy) is 1. The molecular weight excluding hydrogens is 324 g/mol. The van der Waals surface area contributed by atoms with E-state index in [-0.39, 0.29) is 6.03 Å². The zero-order valence-corrected chi connectivity index (χ0v) is 14.8. The zero-order valence-electron chi connectivity index (χ0n) is 14.0. The van der Waals surface area contributed by atoms with E-state index in [4.69, 9.17) is 16.3 Å². The standard InChI is InChI=1S/C19H23ClN2O2/c1-14(2)13-24-18-9-5-16(6-10-18)12-22-19(23)21-11-15-3-7-17(20)8-4-15/h3-10,14H,11-13H2,1-2H3,(H2,21,22,23). The number of halogens is 1. The molecule has 0 heterocycles. The van der Waals surface area contributed by atoms with E-state index in [1.54, 1.807) is 12.1 Å². The summed E-state index contributed by atoms with van der Waals surface area (Å²) in [5.41, 5.74) is 2.02. The van der Waals surface area contributed by atoms with Crippen LogP contribution >= 0.6 is 11.6 Å². The minimum atomic E-state index is -0.204. The number of nitrogens with one attached hydrogen (secondary N) is 2. The van der Waals surface area contributed by atoms with E-state index >= 15 is 0 Å². The van der Waals surface area contributed by atoms with E-state index in [0.29, 0.717) is 30.6 Å². The first-order chi connectivity index (χ1) is 11.5. The number of amides is 2. The zero-order chi connectivity index (χ0) is 17.4. The molecule has 0 fully saturated rings. The molecule has 0 atom stereocenters. The van der Waals surface area contributed by atoms with Crippen LogP contribution in [0.5, 0.6) is 5.75 Å². The van der Waals surface area contributed by atoms with Crippen LogP contribution in [0.15, 0.2) is 48.5 Å². The fraction of sp³-hybridized carbons (Fsp3) is 0.316. The van der Waals surface area contributed by atoms with Crippen LogP contribution in [0.4, 0.5) is 4.79 Å². The number of benzene rings is 2. The topological polar surface area (TPSA) is 50.4 Å². The maximum absolute atomic E-state index is 11.8. The summed E-state index contributed by atoms with van der Waals surface area (Å²) in [6, 6.07) is 14.9. The minimum absolute atomic E-state index is 0.204. The van der Waals surface area contributed by atoms with E-state index in [2.05, 4.69) is 24.5 Å². The van der Waals surface area contributed by atoms with Crippen LogP contribution in [-0.2, 0) is 13.1 Å². The third kappa shape index (κ3) is 6.50. The molecule has 0 spiro atoms. The van der Waals surface area contributed by atoms with Gasteiger partial charge in [-0.25, -0.2) is 4.79 Å². The molecule has 0 aliphatic carbocycles. The van der Waals surface area contributed by atoms with Crippen LogP contribution < -0.4 is 15.4 Å².